The largest absolute Gasteiger partial charge is 0.417 e. The maximum absolute atomic E-state index is 13.3. The van der Waals surface area contributed by atoms with E-state index in [2.05, 4.69) is 4.98 Å². The van der Waals surface area contributed by atoms with Crippen LogP contribution in [0.25, 0.3) is 0 Å². The summed E-state index contributed by atoms with van der Waals surface area (Å²) in [5.74, 6) is -0.310. The fourth-order valence-corrected chi connectivity index (χ4v) is 3.74. The standard InChI is InChI=1S/C20H20ClF4N3O/c1-27(12-13-3-2-4-16(22)9-13)19(29)14-5-7-28(8-6-14)18-17(21)10-15(11-26-18)20(23,24)25/h2-4,9-11,14H,5-8,12H2,1H3. The van der Waals surface area contributed by atoms with Crippen molar-refractivity contribution in [1.29, 1.82) is 0 Å². The van der Waals surface area contributed by atoms with Crippen LogP contribution < -0.4 is 4.90 Å². The molecule has 1 amide bonds. The number of halogens is 5. The molecule has 156 valence electrons. The number of carbonyl (C=O) groups is 1. The molecule has 0 radical (unpaired) electrons. The van der Waals surface area contributed by atoms with Crippen molar-refractivity contribution in [3.05, 3.63) is 58.5 Å². The van der Waals surface area contributed by atoms with Crippen LogP contribution in [0.1, 0.15) is 24.0 Å². The minimum atomic E-state index is -4.50. The molecule has 1 aliphatic rings. The smallest absolute Gasteiger partial charge is 0.355 e. The first-order valence-corrected chi connectivity index (χ1v) is 9.50. The quantitative estimate of drug-likeness (QED) is 0.657. The number of anilines is 1. The molecule has 0 bridgehead atoms. The van der Waals surface area contributed by atoms with Crippen LogP contribution in [0.4, 0.5) is 23.4 Å². The van der Waals surface area contributed by atoms with E-state index in [1.807, 2.05) is 0 Å². The number of hydrogen-bond acceptors (Lipinski definition) is 3. The van der Waals surface area contributed by atoms with Gasteiger partial charge in [0.15, 0.2) is 0 Å². The van der Waals surface area contributed by atoms with Crippen LogP contribution in [0.3, 0.4) is 0 Å². The Bertz CT molecular complexity index is 882. The van der Waals surface area contributed by atoms with Gasteiger partial charge in [-0.25, -0.2) is 9.37 Å². The van der Waals surface area contributed by atoms with E-state index in [1.54, 1.807) is 29.0 Å². The molecular weight excluding hydrogens is 410 g/mol. The highest BCUT2D eigenvalue weighted by atomic mass is 35.5. The van der Waals surface area contributed by atoms with Gasteiger partial charge >= 0.3 is 6.18 Å². The highest BCUT2D eigenvalue weighted by Gasteiger charge is 2.33. The van der Waals surface area contributed by atoms with Gasteiger partial charge in [0.1, 0.15) is 11.6 Å². The van der Waals surface area contributed by atoms with Crippen molar-refractivity contribution in [3.63, 3.8) is 0 Å². The Hall–Kier alpha value is -2.35. The summed E-state index contributed by atoms with van der Waals surface area (Å²) in [6.45, 7) is 1.23. The molecule has 1 fully saturated rings. The summed E-state index contributed by atoms with van der Waals surface area (Å²) in [5.41, 5.74) is -0.186. The van der Waals surface area contributed by atoms with Crippen LogP contribution in [-0.4, -0.2) is 35.9 Å². The van der Waals surface area contributed by atoms with Gasteiger partial charge < -0.3 is 9.80 Å². The lowest BCUT2D eigenvalue weighted by molar-refractivity contribution is -0.138. The number of rotatable bonds is 4. The number of benzene rings is 1. The number of alkyl halides is 3. The number of pyridine rings is 1. The van der Waals surface area contributed by atoms with Gasteiger partial charge in [0.25, 0.3) is 0 Å². The molecule has 0 unspecified atom stereocenters. The molecule has 1 aromatic heterocycles. The minimum absolute atomic E-state index is 0.0413. The normalized spacial score (nSPS) is 15.4. The van der Waals surface area contributed by atoms with Crippen molar-refractivity contribution in [3.8, 4) is 0 Å². The molecule has 3 rings (SSSR count). The monoisotopic (exact) mass is 429 g/mol. The fraction of sp³-hybridized carbons (Fsp3) is 0.400. The number of piperidine rings is 1. The summed E-state index contributed by atoms with van der Waals surface area (Å²) < 4.78 is 51.6. The lowest BCUT2D eigenvalue weighted by atomic mass is 9.95. The highest BCUT2D eigenvalue weighted by Crippen LogP contribution is 2.34. The molecule has 0 aliphatic carbocycles. The van der Waals surface area contributed by atoms with Crippen molar-refractivity contribution in [2.75, 3.05) is 25.0 Å². The molecule has 0 atom stereocenters. The third-order valence-electron chi connectivity index (χ3n) is 4.98. The van der Waals surface area contributed by atoms with Crippen molar-refractivity contribution in [2.45, 2.75) is 25.6 Å². The Labute approximate surface area is 171 Å². The second kappa shape index (κ2) is 8.57. The maximum atomic E-state index is 13.3. The third kappa shape index (κ3) is 5.18. The van der Waals surface area contributed by atoms with Crippen molar-refractivity contribution >= 4 is 23.3 Å². The van der Waals surface area contributed by atoms with Crippen LogP contribution in [0.2, 0.25) is 5.02 Å². The molecular formula is C20H20ClF4N3O. The zero-order chi connectivity index (χ0) is 21.2. The first-order valence-electron chi connectivity index (χ1n) is 9.12. The average molecular weight is 430 g/mol. The maximum Gasteiger partial charge on any atom is 0.417 e. The fourth-order valence-electron chi connectivity index (χ4n) is 3.46. The van der Waals surface area contributed by atoms with Crippen LogP contribution >= 0.6 is 11.6 Å². The number of hydrogen-bond donors (Lipinski definition) is 0. The van der Waals surface area contributed by atoms with Crippen LogP contribution in [0, 0.1) is 11.7 Å². The lowest BCUT2D eigenvalue weighted by Gasteiger charge is -2.34. The first-order chi connectivity index (χ1) is 13.6. The van der Waals surface area contributed by atoms with E-state index >= 15 is 0 Å². The Kier molecular flexibility index (Phi) is 6.31. The van der Waals surface area contributed by atoms with Crippen molar-refractivity contribution < 1.29 is 22.4 Å². The Morgan fingerprint density at radius 3 is 2.55 bits per heavy atom. The molecule has 2 aromatic rings. The predicted molar refractivity (Wildman–Crippen MR) is 102 cm³/mol. The van der Waals surface area contributed by atoms with Gasteiger partial charge in [-0.3, -0.25) is 4.79 Å². The average Bonchev–Trinajstić information content (AvgIpc) is 2.67. The second-order valence-electron chi connectivity index (χ2n) is 7.11. The van der Waals surface area contributed by atoms with Gasteiger partial charge in [-0.1, -0.05) is 23.7 Å². The van der Waals surface area contributed by atoms with Gasteiger partial charge in [0.05, 0.1) is 10.6 Å². The summed E-state index contributed by atoms with van der Waals surface area (Å²) in [4.78, 5) is 19.9. The zero-order valence-corrected chi connectivity index (χ0v) is 16.5. The first kappa shape index (κ1) is 21.4. The van der Waals surface area contributed by atoms with Gasteiger partial charge in [0.2, 0.25) is 5.91 Å². The van der Waals surface area contributed by atoms with E-state index < -0.39 is 11.7 Å². The summed E-state index contributed by atoms with van der Waals surface area (Å²) in [5, 5.41) is -0.0622. The van der Waals surface area contributed by atoms with E-state index in [0.29, 0.717) is 43.9 Å². The van der Waals surface area contributed by atoms with Gasteiger partial charge in [-0.15, -0.1) is 0 Å². The molecule has 1 aliphatic heterocycles. The molecule has 4 nitrogen and oxygen atoms in total. The van der Waals surface area contributed by atoms with Gasteiger partial charge in [-0.05, 0) is 36.6 Å². The summed E-state index contributed by atoms with van der Waals surface area (Å²) in [6, 6.07) is 6.97. The number of carbonyl (C=O) groups excluding carboxylic acids is 1. The molecule has 0 N–H and O–H groups in total. The van der Waals surface area contributed by atoms with Crippen molar-refractivity contribution in [1.82, 2.24) is 9.88 Å². The zero-order valence-electron chi connectivity index (χ0n) is 15.7. The Balaban J connectivity index is 1.59. The number of amides is 1. The van der Waals surface area contributed by atoms with Crippen LogP contribution in [0.5, 0.6) is 0 Å². The molecule has 1 aromatic carbocycles. The van der Waals surface area contributed by atoms with E-state index in [4.69, 9.17) is 11.6 Å². The Morgan fingerprint density at radius 2 is 1.97 bits per heavy atom. The van der Waals surface area contributed by atoms with E-state index in [1.165, 1.54) is 12.1 Å². The number of nitrogens with zero attached hydrogens (tertiary/aromatic N) is 3. The third-order valence-corrected chi connectivity index (χ3v) is 5.26. The van der Waals surface area contributed by atoms with Gasteiger partial charge in [0, 0.05) is 38.8 Å². The van der Waals surface area contributed by atoms with Crippen LogP contribution in [-0.2, 0) is 17.5 Å². The highest BCUT2D eigenvalue weighted by molar-refractivity contribution is 6.33. The van der Waals surface area contributed by atoms with Gasteiger partial charge in [-0.2, -0.15) is 13.2 Å². The molecule has 9 heteroatoms. The summed E-state index contributed by atoms with van der Waals surface area (Å²) in [7, 11) is 1.67. The minimum Gasteiger partial charge on any atom is -0.355 e. The molecule has 2 heterocycles. The van der Waals surface area contributed by atoms with Crippen molar-refractivity contribution in [2.24, 2.45) is 5.92 Å². The SMILES string of the molecule is CN(Cc1cccc(F)c1)C(=O)C1CCN(c2ncc(C(F)(F)F)cc2Cl)CC1. The summed E-state index contributed by atoms with van der Waals surface area (Å²) in [6.07, 6.45) is -2.66. The lowest BCUT2D eigenvalue weighted by Crippen LogP contribution is -2.41. The van der Waals surface area contributed by atoms with Crippen LogP contribution in [0.15, 0.2) is 36.5 Å². The number of aromatic nitrogens is 1. The molecule has 0 saturated carbocycles. The van der Waals surface area contributed by atoms with E-state index in [-0.39, 0.29) is 22.7 Å². The molecule has 0 spiro atoms. The summed E-state index contributed by atoms with van der Waals surface area (Å²) >= 11 is 6.01. The Morgan fingerprint density at radius 1 is 1.28 bits per heavy atom. The topological polar surface area (TPSA) is 36.4 Å². The van der Waals surface area contributed by atoms with E-state index in [0.717, 1.165) is 12.3 Å². The molecule has 1 saturated heterocycles. The van der Waals surface area contributed by atoms with E-state index in [9.17, 15) is 22.4 Å². The predicted octanol–water partition coefficient (Wildman–Crippen LogP) is 4.77. The molecule has 29 heavy (non-hydrogen) atoms. The second-order valence-corrected chi connectivity index (χ2v) is 7.52.